The van der Waals surface area contributed by atoms with Gasteiger partial charge in [-0.05, 0) is 43.4 Å². The van der Waals surface area contributed by atoms with Crippen molar-refractivity contribution >= 4 is 52.9 Å². The van der Waals surface area contributed by atoms with Gasteiger partial charge in [-0.25, -0.2) is 8.42 Å². The zero-order valence-corrected chi connectivity index (χ0v) is 14.2. The highest BCUT2D eigenvalue weighted by Crippen LogP contribution is 2.38. The van der Waals surface area contributed by atoms with E-state index in [1.54, 1.807) is 0 Å². The van der Waals surface area contributed by atoms with Gasteiger partial charge in [0.1, 0.15) is 0 Å². The second kappa shape index (κ2) is 6.96. The van der Waals surface area contributed by atoms with Gasteiger partial charge in [-0.15, -0.1) is 0 Å². The van der Waals surface area contributed by atoms with Gasteiger partial charge in [-0.1, -0.05) is 11.8 Å². The van der Waals surface area contributed by atoms with Crippen molar-refractivity contribution < 1.29 is 17.2 Å². The van der Waals surface area contributed by atoms with E-state index in [1.807, 2.05) is 32.4 Å². The Hall–Kier alpha value is -0.250. The molecule has 0 fully saturated rings. The summed E-state index contributed by atoms with van der Waals surface area (Å²) in [7, 11) is 0.163. The molecule has 0 aliphatic carbocycles. The Balaban J connectivity index is 0.000000258. The fourth-order valence-electron chi connectivity index (χ4n) is 1.29. The van der Waals surface area contributed by atoms with E-state index in [-0.39, 0.29) is 0 Å². The van der Waals surface area contributed by atoms with Crippen molar-refractivity contribution in [3.63, 3.8) is 0 Å². The first-order valence-electron chi connectivity index (χ1n) is 5.17. The summed E-state index contributed by atoms with van der Waals surface area (Å²) in [5, 5.41) is 1.44. The Morgan fingerprint density at radius 1 is 1.32 bits per heavy atom. The highest BCUT2D eigenvalue weighted by atomic mass is 32.9. The smallest absolute Gasteiger partial charge is 0.308 e. The van der Waals surface area contributed by atoms with Gasteiger partial charge < -0.3 is 4.55 Å². The minimum absolute atomic E-state index is 0.808. The van der Waals surface area contributed by atoms with Gasteiger partial charge in [0, 0.05) is 0 Å². The quantitative estimate of drug-likeness (QED) is 0.275. The van der Waals surface area contributed by atoms with Gasteiger partial charge >= 0.3 is 10.3 Å². The van der Waals surface area contributed by atoms with Crippen molar-refractivity contribution in [2.75, 3.05) is 13.4 Å². The average molecular weight is 338 g/mol. The third kappa shape index (κ3) is 4.97. The Morgan fingerprint density at radius 3 is 2.32 bits per heavy atom. The Morgan fingerprint density at radius 2 is 1.84 bits per heavy atom. The normalized spacial score (nSPS) is 11.2. The summed E-state index contributed by atoms with van der Waals surface area (Å²) in [6, 6.07) is 4.61. The van der Waals surface area contributed by atoms with Crippen LogP contribution in [0.25, 0.3) is 10.1 Å². The molecule has 4 nitrogen and oxygen atoms in total. The van der Waals surface area contributed by atoms with Gasteiger partial charge in [0.05, 0.1) is 17.2 Å². The van der Waals surface area contributed by atoms with Gasteiger partial charge in [0.2, 0.25) is 10.4 Å². The molecule has 0 radical (unpaired) electrons. The molecule has 0 aliphatic rings. The standard InChI is InChI=1S/C10H11S3.CH4O4S/c1-6-4-8-9(5-7(6)2)12-13-10(8)11-3;1-5-6(2,3)4/h4-5H,1-3H3;1H3,(H,2,3,4)/q+1;/p-1. The molecular weight excluding hydrogens is 324 g/mol. The van der Waals surface area contributed by atoms with Crippen molar-refractivity contribution in [1.82, 2.24) is 0 Å². The van der Waals surface area contributed by atoms with Crippen LogP contribution >= 0.6 is 32.4 Å². The molecule has 0 unspecified atom stereocenters. The zero-order chi connectivity index (χ0) is 14.6. The SMILES string of the molecule is COS(=O)(=O)[O-].CSc1[s+]sc2cc(C)c(C)cc12. The van der Waals surface area contributed by atoms with Gasteiger partial charge in [-0.2, -0.15) is 0 Å². The van der Waals surface area contributed by atoms with Crippen LogP contribution in [0.2, 0.25) is 0 Å². The first-order chi connectivity index (χ1) is 8.78. The van der Waals surface area contributed by atoms with Crippen LogP contribution in [0.15, 0.2) is 16.3 Å². The van der Waals surface area contributed by atoms with Crippen LogP contribution in [-0.4, -0.2) is 26.3 Å². The predicted octanol–water partition coefficient (Wildman–Crippen LogP) is 3.68. The summed E-state index contributed by atoms with van der Waals surface area (Å²) in [5.74, 6) is 0. The molecule has 0 amide bonds. The zero-order valence-electron chi connectivity index (χ0n) is 10.9. The molecule has 0 bridgehead atoms. The molecule has 1 aromatic heterocycles. The lowest BCUT2D eigenvalue weighted by molar-refractivity contribution is 0.314. The molecule has 0 aliphatic heterocycles. The van der Waals surface area contributed by atoms with Crippen LogP contribution < -0.4 is 0 Å². The lowest BCUT2D eigenvalue weighted by Crippen LogP contribution is -1.97. The van der Waals surface area contributed by atoms with E-state index in [0.717, 1.165) is 7.11 Å². The van der Waals surface area contributed by atoms with E-state index >= 15 is 0 Å². The predicted molar refractivity (Wildman–Crippen MR) is 82.1 cm³/mol. The minimum Gasteiger partial charge on any atom is -0.726 e. The molecule has 0 saturated heterocycles. The summed E-state index contributed by atoms with van der Waals surface area (Å²) in [4.78, 5) is 0. The lowest BCUT2D eigenvalue weighted by atomic mass is 10.1. The summed E-state index contributed by atoms with van der Waals surface area (Å²) in [6.45, 7) is 4.36. The molecule has 106 valence electrons. The van der Waals surface area contributed by atoms with E-state index in [0.29, 0.717) is 0 Å². The number of aryl methyl sites for hydroxylation is 2. The highest BCUT2D eigenvalue weighted by molar-refractivity contribution is 8.02. The maximum absolute atomic E-state index is 9.22. The van der Waals surface area contributed by atoms with Gasteiger partial charge in [0.25, 0.3) is 4.21 Å². The van der Waals surface area contributed by atoms with Gasteiger partial charge in [-0.3, -0.25) is 4.18 Å². The van der Waals surface area contributed by atoms with Crippen molar-refractivity contribution in [2.24, 2.45) is 0 Å². The molecule has 0 spiro atoms. The fourth-order valence-corrected chi connectivity index (χ4v) is 5.08. The maximum atomic E-state index is 9.22. The second-order valence-corrected chi connectivity index (χ2v) is 8.07. The number of thioether (sulfide) groups is 1. The maximum Gasteiger partial charge on any atom is 0.308 e. The topological polar surface area (TPSA) is 66.4 Å². The summed E-state index contributed by atoms with van der Waals surface area (Å²) in [6.07, 6.45) is 2.15. The summed E-state index contributed by atoms with van der Waals surface area (Å²) < 4.78 is 33.9. The third-order valence-corrected chi connectivity index (χ3v) is 6.74. The van der Waals surface area contributed by atoms with Crippen molar-refractivity contribution in [3.05, 3.63) is 23.3 Å². The van der Waals surface area contributed by atoms with E-state index < -0.39 is 10.4 Å². The number of hydrogen-bond donors (Lipinski definition) is 0. The van der Waals surface area contributed by atoms with Crippen LogP contribution in [0, 0.1) is 13.8 Å². The Kier molecular flexibility index (Phi) is 6.15. The first kappa shape index (κ1) is 16.8. The minimum atomic E-state index is -4.41. The Bertz CT molecular complexity index is 661. The molecule has 8 heteroatoms. The summed E-state index contributed by atoms with van der Waals surface area (Å²) in [5.41, 5.74) is 2.79. The van der Waals surface area contributed by atoms with Crippen molar-refractivity contribution in [1.29, 1.82) is 0 Å². The van der Waals surface area contributed by atoms with E-state index in [2.05, 4.69) is 36.4 Å². The molecule has 0 N–H and O–H groups in total. The number of benzene rings is 1. The van der Waals surface area contributed by atoms with E-state index in [4.69, 9.17) is 0 Å². The third-order valence-electron chi connectivity index (χ3n) is 2.41. The average Bonchev–Trinajstić information content (AvgIpc) is 2.72. The summed E-state index contributed by atoms with van der Waals surface area (Å²) >= 11 is 1.85. The van der Waals surface area contributed by atoms with Crippen LogP contribution in [0.3, 0.4) is 0 Å². The first-order valence-corrected chi connectivity index (χ1v) is 9.87. The monoisotopic (exact) mass is 338 g/mol. The number of rotatable bonds is 2. The molecule has 1 aromatic carbocycles. The van der Waals surface area contributed by atoms with Crippen LogP contribution in [0.5, 0.6) is 0 Å². The molecule has 2 rings (SSSR count). The van der Waals surface area contributed by atoms with E-state index in [9.17, 15) is 13.0 Å². The van der Waals surface area contributed by atoms with Crippen LogP contribution in [-0.2, 0) is 14.6 Å². The largest absolute Gasteiger partial charge is 0.726 e. The molecule has 0 atom stereocenters. The molecular formula is C11H14O4S4. The fraction of sp³-hybridized carbons (Fsp3) is 0.364. The molecule has 19 heavy (non-hydrogen) atoms. The van der Waals surface area contributed by atoms with Crippen molar-refractivity contribution in [3.8, 4) is 0 Å². The van der Waals surface area contributed by atoms with E-state index in [1.165, 1.54) is 25.4 Å². The van der Waals surface area contributed by atoms with Crippen LogP contribution in [0.1, 0.15) is 11.1 Å². The highest BCUT2D eigenvalue weighted by Gasteiger charge is 2.16. The number of fused-ring (bicyclic) bond motifs is 1. The molecule has 0 saturated carbocycles. The lowest BCUT2D eigenvalue weighted by Gasteiger charge is -1.98. The Labute approximate surface area is 124 Å². The second-order valence-electron chi connectivity index (χ2n) is 3.67. The van der Waals surface area contributed by atoms with Crippen molar-refractivity contribution in [2.45, 2.75) is 18.1 Å². The molecule has 2 aromatic rings. The van der Waals surface area contributed by atoms with Gasteiger partial charge in [0.15, 0.2) is 10.3 Å². The number of hydrogen-bond acceptors (Lipinski definition) is 6. The van der Waals surface area contributed by atoms with Crippen LogP contribution in [0.4, 0.5) is 0 Å². The molecule has 1 heterocycles.